The highest BCUT2D eigenvalue weighted by Gasteiger charge is 2.67. The summed E-state index contributed by atoms with van der Waals surface area (Å²) in [4.78, 5) is 32.5. The Morgan fingerprint density at radius 3 is 2.13 bits per heavy atom. The Morgan fingerprint density at radius 1 is 1.10 bits per heavy atom. The van der Waals surface area contributed by atoms with Crippen LogP contribution in [0.1, 0.15) is 32.8 Å². The summed E-state index contributed by atoms with van der Waals surface area (Å²) < 4.78 is 10.3. The maximum absolute atomic E-state index is 11.4. The number of amides is 1. The number of fused-ring (bicyclic) bond motifs is 1. The number of carboxylic acid groups (broad SMARTS) is 2. The number of carboxylic acids is 2. The van der Waals surface area contributed by atoms with Gasteiger partial charge in [0.2, 0.25) is 0 Å². The fourth-order valence-electron chi connectivity index (χ4n) is 3.83. The van der Waals surface area contributed by atoms with E-state index in [0.717, 1.165) is 5.56 Å². The molecule has 0 heterocycles. The van der Waals surface area contributed by atoms with Gasteiger partial charge in [0.25, 0.3) is 0 Å². The van der Waals surface area contributed by atoms with Crippen molar-refractivity contribution in [3.63, 3.8) is 0 Å². The first-order valence-electron chi connectivity index (χ1n) is 9.31. The minimum absolute atomic E-state index is 0.0857. The highest BCUT2D eigenvalue weighted by molar-refractivity contribution is 6.42. The summed E-state index contributed by atoms with van der Waals surface area (Å²) in [5, 5.41) is 19.3. The molecule has 2 fully saturated rings. The summed E-state index contributed by atoms with van der Waals surface area (Å²) in [7, 11) is 0. The van der Waals surface area contributed by atoms with Crippen LogP contribution in [0.4, 0.5) is 4.79 Å². The van der Waals surface area contributed by atoms with Gasteiger partial charge in [-0.15, -0.1) is 0 Å². The van der Waals surface area contributed by atoms with Gasteiger partial charge >= 0.3 is 18.0 Å². The summed E-state index contributed by atoms with van der Waals surface area (Å²) in [6, 6.07) is 5.10. The third-order valence-electron chi connectivity index (χ3n) is 4.97. The monoisotopic (exact) mass is 461 g/mol. The summed E-state index contributed by atoms with van der Waals surface area (Å²) in [5.74, 6) is -3.59. The van der Waals surface area contributed by atoms with Crippen molar-refractivity contribution in [2.45, 2.75) is 45.5 Å². The second-order valence-electron chi connectivity index (χ2n) is 8.34. The normalized spacial score (nSPS) is 26.8. The van der Waals surface area contributed by atoms with Gasteiger partial charge in [0.1, 0.15) is 5.60 Å². The van der Waals surface area contributed by atoms with Gasteiger partial charge in [0.05, 0.1) is 34.6 Å². The summed E-state index contributed by atoms with van der Waals surface area (Å²) in [5.41, 5.74) is 5.06. The maximum atomic E-state index is 11.4. The number of carbonyl (C=O) groups excluding carboxylic acids is 1. The predicted octanol–water partition coefficient (Wildman–Crippen LogP) is 3.81. The summed E-state index contributed by atoms with van der Waals surface area (Å²) in [6.07, 6.45) is -0.713. The quantitative estimate of drug-likeness (QED) is 0.605. The van der Waals surface area contributed by atoms with Crippen LogP contribution in [0.2, 0.25) is 10.0 Å². The van der Waals surface area contributed by atoms with E-state index in [4.69, 9.17) is 38.8 Å². The Hall–Kier alpha value is -2.03. The molecule has 0 saturated heterocycles. The van der Waals surface area contributed by atoms with Gasteiger partial charge in [-0.1, -0.05) is 29.3 Å². The molecular weight excluding hydrogens is 437 g/mol. The third-order valence-corrected chi connectivity index (χ3v) is 5.71. The van der Waals surface area contributed by atoms with Crippen LogP contribution in [0.5, 0.6) is 0 Å². The van der Waals surface area contributed by atoms with Gasteiger partial charge in [-0.3, -0.25) is 9.59 Å². The molecule has 0 aliphatic heterocycles. The number of carbonyl (C=O) groups is 3. The smallest absolute Gasteiger partial charge is 0.405 e. The van der Waals surface area contributed by atoms with Crippen molar-refractivity contribution in [2.75, 3.05) is 0 Å². The first kappa shape index (κ1) is 24.2. The Morgan fingerprint density at radius 2 is 1.70 bits per heavy atom. The van der Waals surface area contributed by atoms with Crippen LogP contribution in [0, 0.1) is 23.7 Å². The zero-order chi connectivity index (χ0) is 22.8. The molecule has 0 bridgehead atoms. The van der Waals surface area contributed by atoms with E-state index in [9.17, 15) is 19.5 Å². The topological polar surface area (TPSA) is 136 Å². The SMILES string of the molecule is CC(C)(C)OC(N)=O.O=C(O)C1[C@H]2[C@H](C(=O)O)C(OCc3ccc(Cl)c(Cl)c3)C[C@@H]12. The average Bonchev–Trinajstić information content (AvgIpc) is 3.15. The number of halogens is 2. The lowest BCUT2D eigenvalue weighted by Gasteiger charge is -2.21. The minimum atomic E-state index is -0.990. The molecule has 10 heteroatoms. The lowest BCUT2D eigenvalue weighted by molar-refractivity contribution is -0.149. The number of ether oxygens (including phenoxy) is 2. The van der Waals surface area contributed by atoms with Crippen molar-refractivity contribution in [3.05, 3.63) is 33.8 Å². The van der Waals surface area contributed by atoms with Crippen LogP contribution in [0.3, 0.4) is 0 Å². The number of primary amides is 1. The van der Waals surface area contributed by atoms with Crippen molar-refractivity contribution in [2.24, 2.45) is 29.4 Å². The molecule has 2 aliphatic rings. The standard InChI is InChI=1S/C15H14Cl2O5.C5H11NO2/c16-8-2-1-6(3-9(8)17)5-22-10-4-7-11(12(7)14(18)19)13(10)15(20)21;1-5(2,3)8-4(6)7/h1-3,7,10-13H,4-5H2,(H,18,19)(H,20,21);1-3H3,(H2,6,7)/t7-,10?,11+,12?,13-;/m1./s1. The van der Waals surface area contributed by atoms with E-state index in [-0.39, 0.29) is 18.4 Å². The number of hydrogen-bond acceptors (Lipinski definition) is 5. The lowest BCUT2D eigenvalue weighted by atomic mass is 9.97. The Bertz CT molecular complexity index is 824. The molecule has 1 aromatic carbocycles. The van der Waals surface area contributed by atoms with Crippen LogP contribution in [-0.2, 0) is 25.7 Å². The minimum Gasteiger partial charge on any atom is -0.481 e. The van der Waals surface area contributed by atoms with Gasteiger partial charge < -0.3 is 25.4 Å². The van der Waals surface area contributed by atoms with E-state index >= 15 is 0 Å². The van der Waals surface area contributed by atoms with E-state index in [1.807, 2.05) is 0 Å². The second-order valence-corrected chi connectivity index (χ2v) is 9.15. The lowest BCUT2D eigenvalue weighted by Crippen LogP contribution is -2.31. The van der Waals surface area contributed by atoms with E-state index < -0.39 is 41.6 Å². The van der Waals surface area contributed by atoms with E-state index in [2.05, 4.69) is 4.74 Å². The van der Waals surface area contributed by atoms with Crippen molar-refractivity contribution in [1.82, 2.24) is 0 Å². The molecule has 0 spiro atoms. The predicted molar refractivity (Wildman–Crippen MR) is 109 cm³/mol. The number of benzene rings is 1. The largest absolute Gasteiger partial charge is 0.481 e. The molecule has 2 aliphatic carbocycles. The third kappa shape index (κ3) is 6.23. The van der Waals surface area contributed by atoms with Gasteiger partial charge in [-0.25, -0.2) is 4.79 Å². The van der Waals surface area contributed by atoms with Crippen molar-refractivity contribution in [3.8, 4) is 0 Å². The number of rotatable bonds is 5. The van der Waals surface area contributed by atoms with Crippen molar-refractivity contribution < 1.29 is 34.1 Å². The molecule has 2 unspecified atom stereocenters. The average molecular weight is 462 g/mol. The zero-order valence-corrected chi connectivity index (χ0v) is 18.3. The van der Waals surface area contributed by atoms with Gasteiger partial charge in [-0.05, 0) is 56.7 Å². The maximum Gasteiger partial charge on any atom is 0.405 e. The fraction of sp³-hybridized carbons (Fsp3) is 0.550. The zero-order valence-electron chi connectivity index (χ0n) is 16.8. The number of hydrogen-bond donors (Lipinski definition) is 3. The van der Waals surface area contributed by atoms with Crippen LogP contribution in [-0.4, -0.2) is 39.9 Å². The Labute approximate surface area is 184 Å². The summed E-state index contributed by atoms with van der Waals surface area (Å²) in [6.45, 7) is 5.51. The second kappa shape index (κ2) is 9.41. The molecular formula is C20H25Cl2NO7. The first-order valence-corrected chi connectivity index (χ1v) is 10.1. The van der Waals surface area contributed by atoms with Gasteiger partial charge in [-0.2, -0.15) is 0 Å². The van der Waals surface area contributed by atoms with E-state index in [1.165, 1.54) is 0 Å². The van der Waals surface area contributed by atoms with Crippen molar-refractivity contribution in [1.29, 1.82) is 0 Å². The van der Waals surface area contributed by atoms with Gasteiger partial charge in [0, 0.05) is 0 Å². The van der Waals surface area contributed by atoms with Gasteiger partial charge in [0.15, 0.2) is 0 Å². The molecule has 3 rings (SSSR count). The van der Waals surface area contributed by atoms with Crippen LogP contribution in [0.25, 0.3) is 0 Å². The molecule has 166 valence electrons. The highest BCUT2D eigenvalue weighted by atomic mass is 35.5. The Balaban J connectivity index is 0.000000343. The highest BCUT2D eigenvalue weighted by Crippen LogP contribution is 2.61. The molecule has 5 atom stereocenters. The molecule has 1 aromatic rings. The molecule has 8 nitrogen and oxygen atoms in total. The fourth-order valence-corrected chi connectivity index (χ4v) is 4.15. The summed E-state index contributed by atoms with van der Waals surface area (Å²) >= 11 is 11.8. The molecule has 30 heavy (non-hydrogen) atoms. The number of nitrogens with two attached hydrogens (primary N) is 1. The molecule has 0 aromatic heterocycles. The first-order chi connectivity index (χ1) is 13.8. The van der Waals surface area contributed by atoms with Crippen LogP contribution in [0.15, 0.2) is 18.2 Å². The van der Waals surface area contributed by atoms with Crippen LogP contribution < -0.4 is 5.73 Å². The van der Waals surface area contributed by atoms with E-state index in [0.29, 0.717) is 16.5 Å². The van der Waals surface area contributed by atoms with Crippen LogP contribution >= 0.6 is 23.2 Å². The molecule has 4 N–H and O–H groups in total. The molecule has 1 amide bonds. The molecule has 2 saturated carbocycles. The molecule has 0 radical (unpaired) electrons. The number of aliphatic carboxylic acids is 2. The Kier molecular flexibility index (Phi) is 7.60. The van der Waals surface area contributed by atoms with Crippen molar-refractivity contribution >= 4 is 41.2 Å². The van der Waals surface area contributed by atoms with E-state index in [1.54, 1.807) is 39.0 Å².